The lowest BCUT2D eigenvalue weighted by atomic mass is 9.93. The standard InChI is InChI=1S/C44H27N5S/c45-43(26-13-3-1-4-14-26)46-44(27-15-5-2-6-16-27)47-49-35-23-10-9-19-33(35)38-36(49)25-34-32-21-11-20-30-28-17-7-8-18-29(28)31-22-12-24-37-40(31)48(39(30)32)41(34)42(38)50-37/h1-25H,(H2,45,46,47). The molecular formula is C44H27N5S. The van der Waals surface area contributed by atoms with Gasteiger partial charge in [0.2, 0.25) is 0 Å². The van der Waals surface area contributed by atoms with Crippen LogP contribution < -0.4 is 5.43 Å². The Morgan fingerprint density at radius 2 is 1.20 bits per heavy atom. The van der Waals surface area contributed by atoms with Crippen LogP contribution in [0.3, 0.4) is 0 Å². The van der Waals surface area contributed by atoms with Crippen LogP contribution >= 0.6 is 11.8 Å². The first-order chi connectivity index (χ1) is 24.7. The molecule has 0 bridgehead atoms. The van der Waals surface area contributed by atoms with Gasteiger partial charge in [0.15, 0.2) is 11.7 Å². The van der Waals surface area contributed by atoms with Gasteiger partial charge in [0, 0.05) is 53.6 Å². The molecule has 4 heterocycles. The summed E-state index contributed by atoms with van der Waals surface area (Å²) < 4.78 is 4.72. The molecule has 0 amide bonds. The van der Waals surface area contributed by atoms with Gasteiger partial charge < -0.3 is 4.57 Å². The van der Waals surface area contributed by atoms with Gasteiger partial charge in [-0.05, 0) is 29.3 Å². The number of para-hydroxylation sites is 3. The van der Waals surface area contributed by atoms with Crippen molar-refractivity contribution in [3.05, 3.63) is 163 Å². The van der Waals surface area contributed by atoms with Gasteiger partial charge in [-0.15, -0.1) is 0 Å². The predicted octanol–water partition coefficient (Wildman–Crippen LogP) is 11.0. The lowest BCUT2D eigenvalue weighted by Crippen LogP contribution is -2.25. The molecule has 2 N–H and O–H groups in total. The molecule has 0 unspecified atom stereocenters. The molecule has 2 aliphatic heterocycles. The van der Waals surface area contributed by atoms with E-state index in [-0.39, 0.29) is 5.84 Å². The molecule has 11 rings (SSSR count). The summed E-state index contributed by atoms with van der Waals surface area (Å²) in [4.78, 5) is 7.42. The third-order valence-corrected chi connectivity index (χ3v) is 11.3. The van der Waals surface area contributed by atoms with E-state index in [4.69, 9.17) is 10.4 Å². The van der Waals surface area contributed by atoms with Crippen molar-refractivity contribution in [3.8, 4) is 27.9 Å². The van der Waals surface area contributed by atoms with E-state index in [1.54, 1.807) is 0 Å². The van der Waals surface area contributed by atoms with Gasteiger partial charge in [0.1, 0.15) is 0 Å². The zero-order valence-corrected chi connectivity index (χ0v) is 27.5. The summed E-state index contributed by atoms with van der Waals surface area (Å²) >= 11 is 1.87. The molecule has 234 valence electrons. The van der Waals surface area contributed by atoms with Crippen molar-refractivity contribution in [1.82, 2.24) is 9.24 Å². The van der Waals surface area contributed by atoms with Crippen molar-refractivity contribution in [2.45, 2.75) is 9.79 Å². The summed E-state index contributed by atoms with van der Waals surface area (Å²) in [6.45, 7) is 0. The van der Waals surface area contributed by atoms with Crippen molar-refractivity contribution in [1.29, 1.82) is 5.41 Å². The summed E-state index contributed by atoms with van der Waals surface area (Å²) in [6.07, 6.45) is 0. The van der Waals surface area contributed by atoms with Gasteiger partial charge in [0.05, 0.1) is 27.8 Å². The van der Waals surface area contributed by atoms with Crippen molar-refractivity contribution in [2.75, 3.05) is 5.43 Å². The second kappa shape index (κ2) is 10.3. The maximum absolute atomic E-state index is 8.96. The topological polar surface area (TPSA) is 58.1 Å². The quantitative estimate of drug-likeness (QED) is 0.147. The Morgan fingerprint density at radius 3 is 2.02 bits per heavy atom. The first-order valence-corrected chi connectivity index (χ1v) is 17.6. The minimum atomic E-state index is 0.198. The zero-order valence-electron chi connectivity index (χ0n) is 26.7. The summed E-state index contributed by atoms with van der Waals surface area (Å²) in [5, 5.41) is 13.8. The maximum Gasteiger partial charge on any atom is 0.154 e. The summed E-state index contributed by atoms with van der Waals surface area (Å²) in [5.74, 6) is 0.803. The van der Waals surface area contributed by atoms with Crippen LogP contribution in [0, 0.1) is 5.41 Å². The number of fused-ring (bicyclic) bond motifs is 8. The highest BCUT2D eigenvalue weighted by atomic mass is 32.2. The Kier molecular flexibility index (Phi) is 5.69. The van der Waals surface area contributed by atoms with Gasteiger partial charge in [-0.1, -0.05) is 145 Å². The Bertz CT molecular complexity index is 2930. The highest BCUT2D eigenvalue weighted by Gasteiger charge is 2.32. The molecule has 0 saturated heterocycles. The van der Waals surface area contributed by atoms with Gasteiger partial charge in [-0.25, -0.2) is 4.99 Å². The van der Waals surface area contributed by atoms with Crippen LogP contribution in [0.15, 0.2) is 166 Å². The van der Waals surface area contributed by atoms with E-state index in [0.717, 1.165) is 22.2 Å². The third-order valence-electron chi connectivity index (χ3n) is 10.1. The number of aliphatic imine (C=N–C) groups is 1. The van der Waals surface area contributed by atoms with Crippen molar-refractivity contribution >= 4 is 67.0 Å². The van der Waals surface area contributed by atoms with Crippen LogP contribution in [0.25, 0.3) is 71.6 Å². The van der Waals surface area contributed by atoms with Crippen LogP contribution in [-0.4, -0.2) is 20.9 Å². The fourth-order valence-corrected chi connectivity index (χ4v) is 9.31. The number of hydrogen-bond acceptors (Lipinski definition) is 2. The molecule has 2 aliphatic rings. The van der Waals surface area contributed by atoms with Gasteiger partial charge >= 0.3 is 0 Å². The second-order valence-corrected chi connectivity index (χ2v) is 13.9. The van der Waals surface area contributed by atoms with Gasteiger partial charge in [-0.3, -0.25) is 15.5 Å². The Labute approximate surface area is 291 Å². The fourth-order valence-electron chi connectivity index (χ4n) is 8.03. The van der Waals surface area contributed by atoms with Gasteiger partial charge in [-0.2, -0.15) is 0 Å². The van der Waals surface area contributed by atoms with Crippen LogP contribution in [0.4, 0.5) is 0 Å². The van der Waals surface area contributed by atoms with Crippen molar-refractivity contribution in [2.24, 2.45) is 4.99 Å². The number of nitrogens with zero attached hydrogens (tertiary/aromatic N) is 3. The molecule has 9 aromatic rings. The minimum Gasteiger partial charge on any atom is -0.306 e. The Hall–Kier alpha value is -6.37. The largest absolute Gasteiger partial charge is 0.306 e. The SMILES string of the molecule is N=C(N=C(Nn1c2ccccc2c2c3c4c(cc21)c1cccc2c1n4-c1c(cccc1-c1ccccc1-2)S3)c1ccccc1)c1ccccc1. The Balaban J connectivity index is 1.24. The number of amidine groups is 2. The lowest BCUT2D eigenvalue weighted by molar-refractivity contribution is 1.08. The van der Waals surface area contributed by atoms with Crippen LogP contribution in [-0.2, 0) is 0 Å². The van der Waals surface area contributed by atoms with Gasteiger partial charge in [0.25, 0.3) is 0 Å². The first kappa shape index (κ1) is 27.6. The minimum absolute atomic E-state index is 0.198. The number of benzene rings is 7. The third kappa shape index (κ3) is 3.74. The van der Waals surface area contributed by atoms with E-state index in [1.165, 1.54) is 70.3 Å². The molecule has 0 saturated carbocycles. The highest BCUT2D eigenvalue weighted by Crippen LogP contribution is 2.56. The smallest absolute Gasteiger partial charge is 0.154 e. The number of nitrogens with one attached hydrogen (secondary N) is 2. The molecule has 7 aromatic carbocycles. The summed E-state index contributed by atoms with van der Waals surface area (Å²) in [6, 6.07) is 53.1. The van der Waals surface area contributed by atoms with E-state index in [1.807, 2.05) is 72.4 Å². The second-order valence-electron chi connectivity index (χ2n) is 12.8. The summed E-state index contributed by atoms with van der Waals surface area (Å²) in [7, 11) is 0. The van der Waals surface area contributed by atoms with E-state index >= 15 is 0 Å². The molecule has 0 radical (unpaired) electrons. The number of rotatable bonds is 3. The fraction of sp³-hybridized carbons (Fsp3) is 0. The predicted molar refractivity (Wildman–Crippen MR) is 208 cm³/mol. The maximum atomic E-state index is 8.96. The molecule has 2 aromatic heterocycles. The molecule has 0 spiro atoms. The molecular weight excluding hydrogens is 631 g/mol. The number of hydrogen-bond donors (Lipinski definition) is 2. The van der Waals surface area contributed by atoms with E-state index in [0.29, 0.717) is 5.84 Å². The van der Waals surface area contributed by atoms with Crippen molar-refractivity contribution < 1.29 is 0 Å². The highest BCUT2D eigenvalue weighted by molar-refractivity contribution is 8.00. The zero-order chi connectivity index (χ0) is 32.9. The van der Waals surface area contributed by atoms with Crippen LogP contribution in [0.1, 0.15) is 11.1 Å². The van der Waals surface area contributed by atoms with Crippen LogP contribution in [0.5, 0.6) is 0 Å². The molecule has 0 aliphatic carbocycles. The molecule has 0 atom stereocenters. The average molecular weight is 658 g/mol. The summed E-state index contributed by atoms with van der Waals surface area (Å²) in [5.41, 5.74) is 16.3. The average Bonchev–Trinajstić information content (AvgIpc) is 3.64. The van der Waals surface area contributed by atoms with E-state index in [2.05, 4.69) is 106 Å². The molecule has 6 heteroatoms. The van der Waals surface area contributed by atoms with E-state index < -0.39 is 0 Å². The Morgan fingerprint density at radius 1 is 0.560 bits per heavy atom. The van der Waals surface area contributed by atoms with Crippen LogP contribution in [0.2, 0.25) is 0 Å². The molecule has 0 fully saturated rings. The van der Waals surface area contributed by atoms with E-state index in [9.17, 15) is 0 Å². The lowest BCUT2D eigenvalue weighted by Gasteiger charge is -2.23. The monoisotopic (exact) mass is 657 g/mol. The van der Waals surface area contributed by atoms with Crippen molar-refractivity contribution in [3.63, 3.8) is 0 Å². The first-order valence-electron chi connectivity index (χ1n) is 16.7. The normalized spacial score (nSPS) is 12.9. The molecule has 5 nitrogen and oxygen atoms in total. The molecule has 50 heavy (non-hydrogen) atoms. The number of aromatic nitrogens is 2.